The van der Waals surface area contributed by atoms with Gasteiger partial charge in [-0.2, -0.15) is 0 Å². The molecule has 9 nitrogen and oxygen atoms in total. The van der Waals surface area contributed by atoms with Crippen LogP contribution in [-0.4, -0.2) is 35.3 Å². The summed E-state index contributed by atoms with van der Waals surface area (Å²) in [6.45, 7) is 1.24. The summed E-state index contributed by atoms with van der Waals surface area (Å²) in [6.07, 6.45) is 3.94. The van der Waals surface area contributed by atoms with Crippen molar-refractivity contribution in [2.45, 2.75) is 45.7 Å². The molecular formula is C30H28ClFN4O5. The van der Waals surface area contributed by atoms with E-state index in [1.54, 1.807) is 37.3 Å². The van der Waals surface area contributed by atoms with E-state index in [9.17, 15) is 23.6 Å². The first-order valence-electron chi connectivity index (χ1n) is 13.3. The van der Waals surface area contributed by atoms with Crippen LogP contribution in [-0.2, 0) is 33.8 Å². The van der Waals surface area contributed by atoms with Gasteiger partial charge in [0, 0.05) is 63.0 Å². The Morgan fingerprint density at radius 1 is 1.10 bits per heavy atom. The zero-order valence-corrected chi connectivity index (χ0v) is 23.0. The number of aromatic nitrogens is 1. The number of urea groups is 1. The normalized spacial score (nSPS) is 14.9. The first-order valence-corrected chi connectivity index (χ1v) is 13.7. The topological polar surface area (TPSA) is 129 Å². The molecule has 0 bridgehead atoms. The van der Waals surface area contributed by atoms with Crippen LogP contribution in [0.15, 0.2) is 36.4 Å². The zero-order valence-electron chi connectivity index (χ0n) is 22.3. The van der Waals surface area contributed by atoms with Crippen LogP contribution in [0, 0.1) is 0 Å². The summed E-state index contributed by atoms with van der Waals surface area (Å²) >= 11 is 5.94. The number of ketones is 1. The first-order chi connectivity index (χ1) is 19.8. The van der Waals surface area contributed by atoms with Gasteiger partial charge in [-0.05, 0) is 74.2 Å². The van der Waals surface area contributed by atoms with Gasteiger partial charge in [0.25, 0.3) is 5.91 Å². The van der Waals surface area contributed by atoms with E-state index in [4.69, 9.17) is 16.3 Å². The van der Waals surface area contributed by atoms with E-state index in [0.29, 0.717) is 64.3 Å². The predicted octanol–water partition coefficient (Wildman–Crippen LogP) is 6.29. The van der Waals surface area contributed by atoms with Gasteiger partial charge in [0.15, 0.2) is 5.78 Å². The zero-order chi connectivity index (χ0) is 29.1. The number of rotatable bonds is 8. The lowest BCUT2D eigenvalue weighted by Gasteiger charge is -2.11. The van der Waals surface area contributed by atoms with E-state index in [2.05, 4.69) is 20.9 Å². The summed E-state index contributed by atoms with van der Waals surface area (Å²) in [6, 6.07) is 8.95. The van der Waals surface area contributed by atoms with Gasteiger partial charge in [-0.25, -0.2) is 9.18 Å². The number of alkyl halides is 1. The Morgan fingerprint density at radius 2 is 1.85 bits per heavy atom. The fourth-order valence-corrected chi connectivity index (χ4v) is 5.31. The molecule has 2 aliphatic rings. The van der Waals surface area contributed by atoms with Crippen molar-refractivity contribution in [1.82, 2.24) is 4.98 Å². The second kappa shape index (κ2) is 12.0. The monoisotopic (exact) mass is 578 g/mol. The summed E-state index contributed by atoms with van der Waals surface area (Å²) in [7, 11) is 0. The van der Waals surface area contributed by atoms with Crippen molar-refractivity contribution < 1.29 is 28.3 Å². The number of fused-ring (bicyclic) bond motifs is 2. The van der Waals surface area contributed by atoms with Gasteiger partial charge in [-0.3, -0.25) is 14.4 Å². The smallest absolute Gasteiger partial charge is 0.323 e. The molecule has 1 aromatic heterocycles. The van der Waals surface area contributed by atoms with Crippen LogP contribution in [0.1, 0.15) is 64.6 Å². The van der Waals surface area contributed by atoms with Crippen molar-refractivity contribution >= 4 is 64.0 Å². The highest BCUT2D eigenvalue weighted by atomic mass is 35.5. The van der Waals surface area contributed by atoms with Crippen molar-refractivity contribution in [2.24, 2.45) is 0 Å². The molecule has 0 saturated carbocycles. The molecule has 4 N–H and O–H groups in total. The van der Waals surface area contributed by atoms with Crippen LogP contribution in [0.3, 0.4) is 0 Å². The van der Waals surface area contributed by atoms with Gasteiger partial charge in [0.2, 0.25) is 0 Å². The molecule has 0 spiro atoms. The number of carbonyl (C=O) groups is 4. The Balaban J connectivity index is 1.42. The molecule has 2 heterocycles. The number of benzene rings is 2. The Hall–Kier alpha value is -4.44. The lowest BCUT2D eigenvalue weighted by atomic mass is 9.91. The van der Waals surface area contributed by atoms with E-state index in [0.717, 1.165) is 12.1 Å². The van der Waals surface area contributed by atoms with E-state index in [1.807, 2.05) is 0 Å². The van der Waals surface area contributed by atoms with Gasteiger partial charge in [-0.1, -0.05) is 11.6 Å². The second-order valence-corrected chi connectivity index (χ2v) is 10.2. The summed E-state index contributed by atoms with van der Waals surface area (Å²) in [5.41, 5.74) is 5.21. The molecule has 0 fully saturated rings. The number of halogens is 2. The van der Waals surface area contributed by atoms with Crippen molar-refractivity contribution in [2.75, 3.05) is 22.6 Å². The third-order valence-corrected chi connectivity index (χ3v) is 7.37. The van der Waals surface area contributed by atoms with Gasteiger partial charge >= 0.3 is 12.0 Å². The number of esters is 1. The van der Waals surface area contributed by atoms with Gasteiger partial charge in [0.05, 0.1) is 12.2 Å². The number of nitrogens with one attached hydrogen (secondary N) is 4. The van der Waals surface area contributed by atoms with E-state index in [-0.39, 0.29) is 41.3 Å². The lowest BCUT2D eigenvalue weighted by molar-refractivity contribution is -0.143. The fourth-order valence-electron chi connectivity index (χ4n) is 5.14. The van der Waals surface area contributed by atoms with Gasteiger partial charge in [-0.15, -0.1) is 0 Å². The first kappa shape index (κ1) is 28.1. The van der Waals surface area contributed by atoms with Crippen LogP contribution < -0.4 is 16.0 Å². The number of Topliss-reactive ketones (excluding diaryl/α,β-unsaturated/α-hetero) is 1. The molecule has 1 aliphatic carbocycles. The van der Waals surface area contributed by atoms with Crippen molar-refractivity contribution in [3.05, 3.63) is 75.1 Å². The van der Waals surface area contributed by atoms with Crippen molar-refractivity contribution in [1.29, 1.82) is 0 Å². The van der Waals surface area contributed by atoms with E-state index >= 15 is 0 Å². The Labute approximate surface area is 240 Å². The Bertz CT molecular complexity index is 1600. The minimum atomic E-state index is -0.764. The maximum absolute atomic E-state index is 13.1. The molecule has 0 saturated heterocycles. The van der Waals surface area contributed by atoms with Crippen molar-refractivity contribution in [3.63, 3.8) is 0 Å². The number of H-pyrrole nitrogens is 1. The molecule has 0 radical (unpaired) electrons. The highest BCUT2D eigenvalue weighted by Crippen LogP contribution is 2.37. The number of anilines is 3. The van der Waals surface area contributed by atoms with E-state index in [1.165, 1.54) is 12.1 Å². The fraction of sp³-hybridized carbons (Fsp3) is 0.267. The summed E-state index contributed by atoms with van der Waals surface area (Å²) in [5, 5.41) is 8.46. The average Bonchev–Trinajstić information content (AvgIpc) is 3.45. The number of ether oxygens (including phenoxy) is 1. The van der Waals surface area contributed by atoms with Gasteiger partial charge in [0.1, 0.15) is 6.67 Å². The van der Waals surface area contributed by atoms with Gasteiger partial charge < -0.3 is 25.7 Å². The summed E-state index contributed by atoms with van der Waals surface area (Å²) < 4.78 is 18.2. The molecule has 2 aromatic carbocycles. The molecular weight excluding hydrogens is 551 g/mol. The number of aryl methyl sites for hydroxylation is 1. The number of hydrogen-bond acceptors (Lipinski definition) is 5. The van der Waals surface area contributed by atoms with Crippen molar-refractivity contribution in [3.8, 4) is 0 Å². The molecule has 41 heavy (non-hydrogen) atoms. The lowest BCUT2D eigenvalue weighted by Crippen LogP contribution is -2.19. The largest absolute Gasteiger partial charge is 0.466 e. The number of aromatic amines is 1. The van der Waals surface area contributed by atoms with Crippen LogP contribution >= 0.6 is 11.6 Å². The minimum Gasteiger partial charge on any atom is -0.466 e. The van der Waals surface area contributed by atoms with Crippen LogP contribution in [0.4, 0.5) is 26.2 Å². The number of hydrogen-bond donors (Lipinski definition) is 4. The minimum absolute atomic E-state index is 0.0131. The molecule has 5 rings (SSSR count). The number of amides is 3. The molecule has 1 aliphatic heterocycles. The molecule has 3 amide bonds. The van der Waals surface area contributed by atoms with Crippen LogP contribution in [0.5, 0.6) is 0 Å². The molecule has 11 heteroatoms. The quantitative estimate of drug-likeness (QED) is 0.184. The molecule has 0 atom stereocenters. The average molecular weight is 579 g/mol. The predicted molar refractivity (Wildman–Crippen MR) is 155 cm³/mol. The molecule has 0 unspecified atom stereocenters. The van der Waals surface area contributed by atoms with E-state index < -0.39 is 12.7 Å². The highest BCUT2D eigenvalue weighted by Gasteiger charge is 2.29. The maximum Gasteiger partial charge on any atom is 0.323 e. The summed E-state index contributed by atoms with van der Waals surface area (Å²) in [5.74, 6) is -0.683. The maximum atomic E-state index is 13.1. The number of carbonyl (C=O) groups excluding carboxylic acids is 4. The Morgan fingerprint density at radius 3 is 2.61 bits per heavy atom. The SMILES string of the molecule is CCOC(=O)CCc1c(/C=C2\C(=O)Nc3ccc(NC(=O)Nc4ccc(Cl)c(CF)c4)cc32)[nH]c2c1C(=O)CCC2. The third kappa shape index (κ3) is 6.02. The standard InChI is InChI=1S/C30H28ClFN4O5/c1-2-41-27(38)11-8-19-25(35-24-4-3-5-26(37)28(19)24)14-21-20-13-18(7-10-23(20)36-29(21)39)34-30(40)33-17-6-9-22(31)16(12-17)15-32/h6-7,9-10,12-14,35H,2-5,8,11,15H2,1H3,(H,36,39)(H2,33,34,40)/b21-14-. The van der Waals surface area contributed by atoms with Crippen LogP contribution in [0.25, 0.3) is 11.6 Å². The summed E-state index contributed by atoms with van der Waals surface area (Å²) in [4.78, 5) is 53.8. The second-order valence-electron chi connectivity index (χ2n) is 9.74. The third-order valence-electron chi connectivity index (χ3n) is 7.00. The highest BCUT2D eigenvalue weighted by molar-refractivity contribution is 6.35. The molecule has 212 valence electrons. The molecule has 3 aromatic rings. The van der Waals surface area contributed by atoms with Crippen LogP contribution in [0.2, 0.25) is 5.02 Å². The Kier molecular flexibility index (Phi) is 8.21.